The van der Waals surface area contributed by atoms with Gasteiger partial charge in [0, 0.05) is 50.5 Å². The molecule has 3 aromatic rings. The maximum Gasteiger partial charge on any atom is 0.152 e. The molecule has 0 aromatic carbocycles. The minimum atomic E-state index is 0.191. The Morgan fingerprint density at radius 1 is 1.11 bits per heavy atom. The monoisotopic (exact) mass is 365 g/mol. The molecule has 1 aliphatic heterocycles. The number of likely N-dealkylation sites (N-methyl/N-ethyl adjacent to an activating group) is 1. The van der Waals surface area contributed by atoms with Crippen molar-refractivity contribution in [2.75, 3.05) is 39.8 Å². The number of rotatable bonds is 5. The van der Waals surface area contributed by atoms with Gasteiger partial charge in [0.2, 0.25) is 0 Å². The summed E-state index contributed by atoms with van der Waals surface area (Å²) in [6.45, 7) is 4.39. The lowest BCUT2D eigenvalue weighted by Gasteiger charge is -2.31. The molecule has 8 heteroatoms. The minimum absolute atomic E-state index is 0.191. The van der Waals surface area contributed by atoms with E-state index in [0.29, 0.717) is 13.0 Å². The average Bonchev–Trinajstić information content (AvgIpc) is 3.09. The summed E-state index contributed by atoms with van der Waals surface area (Å²) in [7, 11) is 3.94. The summed E-state index contributed by atoms with van der Waals surface area (Å²) in [5.74, 6) is 0.191. The standard InChI is InChI=1S/C19H23N7O/c1-24-5-7-26(8-6-24)12-16(27)9-15-10-18-14(11-20-15)3-4-17(21-18)19-13-25(2)23-22-19/h3-4,10-11,13H,5-9,12H2,1-2H3. The molecular weight excluding hydrogens is 342 g/mol. The summed E-state index contributed by atoms with van der Waals surface area (Å²) < 4.78 is 1.65. The van der Waals surface area contributed by atoms with Crippen LogP contribution in [0.2, 0.25) is 0 Å². The van der Waals surface area contributed by atoms with Crippen molar-refractivity contribution in [2.24, 2.45) is 7.05 Å². The van der Waals surface area contributed by atoms with Crippen LogP contribution in [0.1, 0.15) is 5.69 Å². The topological polar surface area (TPSA) is 80.0 Å². The number of piperazine rings is 1. The lowest BCUT2D eigenvalue weighted by atomic mass is 10.1. The Kier molecular flexibility index (Phi) is 4.91. The molecule has 3 aromatic heterocycles. The van der Waals surface area contributed by atoms with E-state index in [1.54, 1.807) is 10.9 Å². The normalized spacial score (nSPS) is 16.1. The van der Waals surface area contributed by atoms with E-state index in [-0.39, 0.29) is 5.78 Å². The van der Waals surface area contributed by atoms with E-state index in [2.05, 4.69) is 37.1 Å². The number of ketones is 1. The van der Waals surface area contributed by atoms with E-state index in [1.165, 1.54) is 0 Å². The third kappa shape index (κ3) is 4.17. The summed E-state index contributed by atoms with van der Waals surface area (Å²) in [5.41, 5.74) is 3.06. The lowest BCUT2D eigenvalue weighted by molar-refractivity contribution is -0.120. The van der Waals surface area contributed by atoms with Crippen LogP contribution in [0.3, 0.4) is 0 Å². The Morgan fingerprint density at radius 2 is 1.93 bits per heavy atom. The molecule has 0 aliphatic carbocycles. The Hall–Kier alpha value is -2.71. The van der Waals surface area contributed by atoms with Gasteiger partial charge in [-0.15, -0.1) is 5.10 Å². The number of carbonyl (C=O) groups excluding carboxylic acids is 1. The molecule has 1 fully saturated rings. The largest absolute Gasteiger partial charge is 0.304 e. The van der Waals surface area contributed by atoms with Crippen molar-refractivity contribution in [3.8, 4) is 11.4 Å². The molecule has 140 valence electrons. The number of hydrogen-bond donors (Lipinski definition) is 0. The second-order valence-electron chi connectivity index (χ2n) is 7.14. The highest BCUT2D eigenvalue weighted by Gasteiger charge is 2.17. The van der Waals surface area contributed by atoms with Gasteiger partial charge in [-0.25, -0.2) is 4.98 Å². The average molecular weight is 365 g/mol. The highest BCUT2D eigenvalue weighted by atomic mass is 16.1. The second-order valence-corrected chi connectivity index (χ2v) is 7.14. The lowest BCUT2D eigenvalue weighted by Crippen LogP contribution is -2.46. The van der Waals surface area contributed by atoms with E-state index < -0.39 is 0 Å². The molecule has 4 rings (SSSR count). The molecular formula is C19H23N7O. The van der Waals surface area contributed by atoms with Crippen LogP contribution in [0.5, 0.6) is 0 Å². The number of Topliss-reactive ketones (excluding diaryl/α,β-unsaturated/α-hetero) is 1. The van der Waals surface area contributed by atoms with Gasteiger partial charge in [0.15, 0.2) is 5.78 Å². The Bertz CT molecular complexity index is 960. The van der Waals surface area contributed by atoms with E-state index in [0.717, 1.165) is 54.2 Å². The van der Waals surface area contributed by atoms with E-state index in [1.807, 2.05) is 31.4 Å². The Morgan fingerprint density at radius 3 is 2.67 bits per heavy atom. The first kappa shape index (κ1) is 17.7. The molecule has 0 radical (unpaired) electrons. The first-order chi connectivity index (χ1) is 13.1. The maximum atomic E-state index is 12.5. The molecule has 0 unspecified atom stereocenters. The van der Waals surface area contributed by atoms with Gasteiger partial charge >= 0.3 is 0 Å². The molecule has 27 heavy (non-hydrogen) atoms. The third-order valence-corrected chi connectivity index (χ3v) is 4.87. The Balaban J connectivity index is 1.48. The van der Waals surface area contributed by atoms with Gasteiger partial charge in [0.1, 0.15) is 5.69 Å². The number of aryl methyl sites for hydroxylation is 1. The SMILES string of the molecule is CN1CCN(CC(=O)Cc2cc3nc(-c4cn(C)nn4)ccc3cn2)CC1. The maximum absolute atomic E-state index is 12.5. The van der Waals surface area contributed by atoms with Gasteiger partial charge in [0.25, 0.3) is 0 Å². The van der Waals surface area contributed by atoms with Crippen molar-refractivity contribution < 1.29 is 4.79 Å². The summed E-state index contributed by atoms with van der Waals surface area (Å²) >= 11 is 0. The first-order valence-electron chi connectivity index (χ1n) is 9.12. The third-order valence-electron chi connectivity index (χ3n) is 4.87. The van der Waals surface area contributed by atoms with Gasteiger partial charge < -0.3 is 4.90 Å². The quantitative estimate of drug-likeness (QED) is 0.661. The predicted molar refractivity (Wildman–Crippen MR) is 102 cm³/mol. The first-order valence-corrected chi connectivity index (χ1v) is 9.12. The number of aromatic nitrogens is 5. The number of pyridine rings is 2. The van der Waals surface area contributed by atoms with Gasteiger partial charge in [-0.1, -0.05) is 5.21 Å². The molecule has 1 aliphatic rings. The summed E-state index contributed by atoms with van der Waals surface area (Å²) in [6, 6.07) is 5.78. The second kappa shape index (κ2) is 7.50. The molecule has 0 amide bonds. The zero-order valence-electron chi connectivity index (χ0n) is 15.7. The van der Waals surface area contributed by atoms with Crippen LogP contribution in [0, 0.1) is 0 Å². The fourth-order valence-electron chi connectivity index (χ4n) is 3.28. The predicted octanol–water partition coefficient (Wildman–Crippen LogP) is 0.784. The van der Waals surface area contributed by atoms with Crippen molar-refractivity contribution in [2.45, 2.75) is 6.42 Å². The van der Waals surface area contributed by atoms with Crippen molar-refractivity contribution in [1.82, 2.24) is 34.8 Å². The fourth-order valence-corrected chi connectivity index (χ4v) is 3.28. The number of hydrogen-bond acceptors (Lipinski definition) is 7. The Labute approximate surface area is 157 Å². The van der Waals surface area contributed by atoms with Crippen LogP contribution < -0.4 is 0 Å². The van der Waals surface area contributed by atoms with Crippen molar-refractivity contribution in [3.63, 3.8) is 0 Å². The van der Waals surface area contributed by atoms with E-state index in [9.17, 15) is 4.79 Å². The van der Waals surface area contributed by atoms with Crippen LogP contribution in [0.15, 0.2) is 30.6 Å². The van der Waals surface area contributed by atoms with Gasteiger partial charge in [-0.3, -0.25) is 19.4 Å². The van der Waals surface area contributed by atoms with Crippen LogP contribution in [-0.4, -0.2) is 80.3 Å². The fraction of sp³-hybridized carbons (Fsp3) is 0.421. The number of carbonyl (C=O) groups is 1. The van der Waals surface area contributed by atoms with Crippen LogP contribution in [0.4, 0.5) is 0 Å². The zero-order valence-corrected chi connectivity index (χ0v) is 15.7. The molecule has 0 saturated carbocycles. The van der Waals surface area contributed by atoms with E-state index >= 15 is 0 Å². The smallest absolute Gasteiger partial charge is 0.152 e. The van der Waals surface area contributed by atoms with Crippen molar-refractivity contribution >= 4 is 16.7 Å². The molecule has 8 nitrogen and oxygen atoms in total. The van der Waals surface area contributed by atoms with Gasteiger partial charge in [0.05, 0.1) is 30.4 Å². The van der Waals surface area contributed by atoms with Crippen LogP contribution in [0.25, 0.3) is 22.3 Å². The van der Waals surface area contributed by atoms with Crippen LogP contribution in [-0.2, 0) is 18.3 Å². The van der Waals surface area contributed by atoms with Gasteiger partial charge in [-0.2, -0.15) is 0 Å². The molecule has 0 N–H and O–H groups in total. The van der Waals surface area contributed by atoms with Crippen LogP contribution >= 0.6 is 0 Å². The summed E-state index contributed by atoms with van der Waals surface area (Å²) in [4.78, 5) is 26.1. The number of fused-ring (bicyclic) bond motifs is 1. The highest BCUT2D eigenvalue weighted by Crippen LogP contribution is 2.19. The molecule has 0 atom stereocenters. The van der Waals surface area contributed by atoms with E-state index in [4.69, 9.17) is 0 Å². The molecule has 1 saturated heterocycles. The summed E-state index contributed by atoms with van der Waals surface area (Å²) in [5, 5.41) is 9.00. The molecule has 0 spiro atoms. The highest BCUT2D eigenvalue weighted by molar-refractivity contribution is 5.85. The molecule has 4 heterocycles. The van der Waals surface area contributed by atoms with Gasteiger partial charge in [-0.05, 0) is 25.2 Å². The summed E-state index contributed by atoms with van der Waals surface area (Å²) in [6.07, 6.45) is 3.94. The molecule has 0 bridgehead atoms. The number of nitrogens with zero attached hydrogens (tertiary/aromatic N) is 7. The van der Waals surface area contributed by atoms with Crippen molar-refractivity contribution in [1.29, 1.82) is 0 Å². The zero-order chi connectivity index (χ0) is 18.8. The van der Waals surface area contributed by atoms with Crippen molar-refractivity contribution in [3.05, 3.63) is 36.3 Å². The minimum Gasteiger partial charge on any atom is -0.304 e.